The molecule has 17 heavy (non-hydrogen) atoms. The van der Waals surface area contributed by atoms with Crippen molar-refractivity contribution >= 4 is 0 Å². The zero-order valence-electron chi connectivity index (χ0n) is 9.59. The number of aryl methyl sites for hydroxylation is 1. The van der Waals surface area contributed by atoms with E-state index in [1.165, 1.54) is 19.2 Å². The number of ether oxygens (including phenoxy) is 1. The summed E-state index contributed by atoms with van der Waals surface area (Å²) in [7, 11) is 3.17. The fourth-order valence-electron chi connectivity index (χ4n) is 1.63. The molecular formula is C12H13FN2O2. The van der Waals surface area contributed by atoms with E-state index in [4.69, 9.17) is 4.74 Å². The van der Waals surface area contributed by atoms with Crippen LogP contribution in [0.3, 0.4) is 0 Å². The summed E-state index contributed by atoms with van der Waals surface area (Å²) in [6, 6.07) is 4.64. The molecule has 0 bridgehead atoms. The minimum absolute atomic E-state index is 0.109. The third-order valence-electron chi connectivity index (χ3n) is 2.51. The van der Waals surface area contributed by atoms with Crippen molar-refractivity contribution in [2.24, 2.45) is 7.05 Å². The third kappa shape index (κ3) is 2.14. The highest BCUT2D eigenvalue weighted by Gasteiger charge is 2.19. The highest BCUT2D eigenvalue weighted by molar-refractivity contribution is 5.35. The van der Waals surface area contributed by atoms with Gasteiger partial charge in [-0.05, 0) is 6.07 Å². The molecular weight excluding hydrogens is 223 g/mol. The van der Waals surface area contributed by atoms with E-state index in [0.717, 1.165) is 0 Å². The monoisotopic (exact) mass is 236 g/mol. The molecule has 2 rings (SSSR count). The van der Waals surface area contributed by atoms with Crippen molar-refractivity contribution in [2.75, 3.05) is 7.11 Å². The first-order valence-electron chi connectivity index (χ1n) is 5.12. The lowest BCUT2D eigenvalue weighted by Gasteiger charge is -2.11. The molecule has 0 radical (unpaired) electrons. The fraction of sp³-hybridized carbons (Fsp3) is 0.250. The predicted molar refractivity (Wildman–Crippen MR) is 60.2 cm³/mol. The van der Waals surface area contributed by atoms with Gasteiger partial charge >= 0.3 is 0 Å². The van der Waals surface area contributed by atoms with Crippen LogP contribution in [0, 0.1) is 5.82 Å². The number of methoxy groups -OCH3 is 1. The maximum atomic E-state index is 13.9. The Hall–Kier alpha value is -1.88. The molecule has 1 atom stereocenters. The van der Waals surface area contributed by atoms with Crippen molar-refractivity contribution in [1.29, 1.82) is 0 Å². The van der Waals surface area contributed by atoms with Crippen molar-refractivity contribution in [1.82, 2.24) is 9.55 Å². The van der Waals surface area contributed by atoms with Gasteiger partial charge in [0.2, 0.25) is 0 Å². The van der Waals surface area contributed by atoms with Gasteiger partial charge in [-0.15, -0.1) is 0 Å². The Kier molecular flexibility index (Phi) is 3.10. The van der Waals surface area contributed by atoms with Crippen LogP contribution in [-0.4, -0.2) is 21.8 Å². The molecule has 0 saturated carbocycles. The van der Waals surface area contributed by atoms with Crippen molar-refractivity contribution in [3.63, 3.8) is 0 Å². The molecule has 1 aromatic carbocycles. The Bertz CT molecular complexity index is 525. The number of aromatic nitrogens is 2. The topological polar surface area (TPSA) is 47.3 Å². The van der Waals surface area contributed by atoms with Gasteiger partial charge in [0.25, 0.3) is 0 Å². The normalized spacial score (nSPS) is 12.5. The van der Waals surface area contributed by atoms with E-state index in [2.05, 4.69) is 4.98 Å². The van der Waals surface area contributed by atoms with E-state index >= 15 is 0 Å². The zero-order chi connectivity index (χ0) is 12.4. The van der Waals surface area contributed by atoms with Crippen molar-refractivity contribution < 1.29 is 14.2 Å². The molecule has 0 fully saturated rings. The van der Waals surface area contributed by atoms with Crippen LogP contribution < -0.4 is 4.74 Å². The second-order valence-electron chi connectivity index (χ2n) is 3.73. The average Bonchev–Trinajstić information content (AvgIpc) is 2.75. The minimum atomic E-state index is -1.09. The van der Waals surface area contributed by atoms with Crippen LogP contribution in [0.25, 0.3) is 0 Å². The van der Waals surface area contributed by atoms with Crippen LogP contribution in [0.5, 0.6) is 5.75 Å². The van der Waals surface area contributed by atoms with Gasteiger partial charge in [-0.2, -0.15) is 0 Å². The van der Waals surface area contributed by atoms with Gasteiger partial charge < -0.3 is 14.4 Å². The Morgan fingerprint density at radius 2 is 2.24 bits per heavy atom. The van der Waals surface area contributed by atoms with Gasteiger partial charge in [-0.25, -0.2) is 9.37 Å². The highest BCUT2D eigenvalue weighted by Crippen LogP contribution is 2.28. The summed E-state index contributed by atoms with van der Waals surface area (Å²) >= 11 is 0. The van der Waals surface area contributed by atoms with Gasteiger partial charge in [0.05, 0.1) is 19.1 Å². The van der Waals surface area contributed by atoms with Crippen LogP contribution in [0.1, 0.15) is 17.4 Å². The van der Waals surface area contributed by atoms with Gasteiger partial charge in [0, 0.05) is 18.8 Å². The summed E-state index contributed by atoms with van der Waals surface area (Å²) < 4.78 is 20.5. The van der Waals surface area contributed by atoms with E-state index in [1.54, 1.807) is 30.2 Å². The summed E-state index contributed by atoms with van der Waals surface area (Å²) in [5.74, 6) is -0.453. The smallest absolute Gasteiger partial charge is 0.171 e. The van der Waals surface area contributed by atoms with E-state index in [1.807, 2.05) is 0 Å². The number of aliphatic hydroxyl groups excluding tert-OH is 1. The maximum absolute atomic E-state index is 13.9. The quantitative estimate of drug-likeness (QED) is 0.881. The van der Waals surface area contributed by atoms with Gasteiger partial charge in [0.15, 0.2) is 11.6 Å². The molecule has 0 amide bonds. The number of halogens is 1. The predicted octanol–water partition coefficient (Wildman–Crippen LogP) is 1.65. The molecule has 1 N–H and O–H groups in total. The summed E-state index contributed by atoms with van der Waals surface area (Å²) in [6.07, 6.45) is 2.10. The first kappa shape index (κ1) is 11.6. The standard InChI is InChI=1S/C12H13FN2O2/c1-15-6-9(14-7-15)12(16)8-4-3-5-10(17-2)11(8)13/h3-7,12,16H,1-2H3. The van der Waals surface area contributed by atoms with Crippen LogP contribution in [0.2, 0.25) is 0 Å². The summed E-state index contributed by atoms with van der Waals surface area (Å²) in [5, 5.41) is 10.0. The lowest BCUT2D eigenvalue weighted by atomic mass is 10.1. The SMILES string of the molecule is COc1cccc(C(O)c2cn(C)cn2)c1F. The number of benzene rings is 1. The largest absolute Gasteiger partial charge is 0.494 e. The highest BCUT2D eigenvalue weighted by atomic mass is 19.1. The van der Waals surface area contributed by atoms with Crippen LogP contribution in [-0.2, 0) is 7.05 Å². The fourth-order valence-corrected chi connectivity index (χ4v) is 1.63. The Balaban J connectivity index is 2.40. The van der Waals surface area contributed by atoms with Crippen molar-refractivity contribution in [3.05, 3.63) is 47.8 Å². The molecule has 1 unspecified atom stereocenters. The second kappa shape index (κ2) is 4.55. The second-order valence-corrected chi connectivity index (χ2v) is 3.73. The molecule has 0 aliphatic rings. The molecule has 2 aromatic rings. The molecule has 0 saturated heterocycles. The number of hydrogen-bond acceptors (Lipinski definition) is 3. The average molecular weight is 236 g/mol. The van der Waals surface area contributed by atoms with Crippen LogP contribution in [0.15, 0.2) is 30.7 Å². The number of rotatable bonds is 3. The number of hydrogen-bond donors (Lipinski definition) is 1. The molecule has 90 valence electrons. The Labute approximate surface area is 98.3 Å². The number of nitrogens with zero attached hydrogens (tertiary/aromatic N) is 2. The molecule has 1 heterocycles. The third-order valence-corrected chi connectivity index (χ3v) is 2.51. The number of imidazole rings is 1. The van der Waals surface area contributed by atoms with Crippen molar-refractivity contribution in [3.8, 4) is 5.75 Å². The van der Waals surface area contributed by atoms with E-state index in [-0.39, 0.29) is 11.3 Å². The van der Waals surface area contributed by atoms with E-state index in [0.29, 0.717) is 5.69 Å². The first-order chi connectivity index (χ1) is 8.13. The van der Waals surface area contributed by atoms with Gasteiger partial charge in [-0.3, -0.25) is 0 Å². The minimum Gasteiger partial charge on any atom is -0.494 e. The van der Waals surface area contributed by atoms with Gasteiger partial charge in [0.1, 0.15) is 6.10 Å². The maximum Gasteiger partial charge on any atom is 0.171 e. The molecule has 4 nitrogen and oxygen atoms in total. The van der Waals surface area contributed by atoms with Crippen LogP contribution >= 0.6 is 0 Å². The molecule has 0 spiro atoms. The Morgan fingerprint density at radius 1 is 1.47 bits per heavy atom. The van der Waals surface area contributed by atoms with Gasteiger partial charge in [-0.1, -0.05) is 12.1 Å². The zero-order valence-corrected chi connectivity index (χ0v) is 9.59. The number of aliphatic hydroxyl groups is 1. The molecule has 5 heteroatoms. The van der Waals surface area contributed by atoms with E-state index < -0.39 is 11.9 Å². The summed E-state index contributed by atoms with van der Waals surface area (Å²) in [5.41, 5.74) is 0.558. The Morgan fingerprint density at radius 3 is 2.82 bits per heavy atom. The first-order valence-corrected chi connectivity index (χ1v) is 5.12. The lowest BCUT2D eigenvalue weighted by molar-refractivity contribution is 0.209. The molecule has 0 aliphatic carbocycles. The van der Waals surface area contributed by atoms with E-state index in [9.17, 15) is 9.50 Å². The molecule has 1 aromatic heterocycles. The van der Waals surface area contributed by atoms with Crippen LogP contribution in [0.4, 0.5) is 4.39 Å². The summed E-state index contributed by atoms with van der Waals surface area (Å²) in [6.45, 7) is 0. The van der Waals surface area contributed by atoms with Crippen molar-refractivity contribution in [2.45, 2.75) is 6.10 Å². The summed E-state index contributed by atoms with van der Waals surface area (Å²) in [4.78, 5) is 3.99. The lowest BCUT2D eigenvalue weighted by Crippen LogP contribution is -2.04. The molecule has 0 aliphatic heterocycles.